The van der Waals surface area contributed by atoms with E-state index in [1.807, 2.05) is 18.2 Å². The van der Waals surface area contributed by atoms with Crippen LogP contribution >= 0.6 is 15.9 Å². The van der Waals surface area contributed by atoms with Gasteiger partial charge in [0, 0.05) is 16.6 Å². The van der Waals surface area contributed by atoms with Crippen molar-refractivity contribution in [1.29, 1.82) is 0 Å². The van der Waals surface area contributed by atoms with Crippen molar-refractivity contribution in [2.24, 2.45) is 5.92 Å². The Morgan fingerprint density at radius 1 is 1.10 bits per heavy atom. The molecule has 0 bridgehead atoms. The smallest absolute Gasteiger partial charge is 0.134 e. The van der Waals surface area contributed by atoms with Gasteiger partial charge in [-0.2, -0.15) is 0 Å². The van der Waals surface area contributed by atoms with Gasteiger partial charge in [-0.3, -0.25) is 4.90 Å². The maximum absolute atomic E-state index is 9.18. The Balaban J connectivity index is 1.62. The lowest BCUT2D eigenvalue weighted by molar-refractivity contribution is 0.122. The molecule has 1 N–H and O–H groups in total. The molecule has 2 aromatic rings. The molecule has 1 saturated heterocycles. The van der Waals surface area contributed by atoms with Crippen molar-refractivity contribution in [2.75, 3.05) is 19.7 Å². The molecule has 1 aromatic heterocycles. The van der Waals surface area contributed by atoms with Crippen LogP contribution in [0.2, 0.25) is 0 Å². The maximum atomic E-state index is 9.18. The lowest BCUT2D eigenvalue weighted by atomic mass is 9.98. The van der Waals surface area contributed by atoms with E-state index in [9.17, 15) is 5.11 Å². The summed E-state index contributed by atoms with van der Waals surface area (Å²) in [5, 5.41) is 9.18. The number of hydrogen-bond donors (Lipinski definition) is 1. The molecule has 0 unspecified atom stereocenters. The van der Waals surface area contributed by atoms with Crippen LogP contribution in [0, 0.1) is 5.92 Å². The van der Waals surface area contributed by atoms with Crippen LogP contribution in [-0.4, -0.2) is 29.7 Å². The molecule has 0 radical (unpaired) electrons. The molecule has 0 saturated carbocycles. The number of likely N-dealkylation sites (tertiary alicyclic amines) is 1. The Bertz CT molecular complexity index is 571. The van der Waals surface area contributed by atoms with E-state index in [2.05, 4.69) is 39.0 Å². The summed E-state index contributed by atoms with van der Waals surface area (Å²) in [6.45, 7) is 3.26. The number of rotatable bonds is 4. The number of halogens is 1. The Hall–Kier alpha value is -1.10. The van der Waals surface area contributed by atoms with Gasteiger partial charge in [-0.25, -0.2) is 0 Å². The molecular formula is C17H20BrNO2. The third-order valence-corrected chi connectivity index (χ3v) is 4.66. The van der Waals surface area contributed by atoms with Crippen LogP contribution in [-0.2, 0) is 6.54 Å². The summed E-state index contributed by atoms with van der Waals surface area (Å²) < 4.78 is 7.03. The van der Waals surface area contributed by atoms with Gasteiger partial charge in [-0.15, -0.1) is 0 Å². The first kappa shape index (κ1) is 14.8. The van der Waals surface area contributed by atoms with Crippen molar-refractivity contribution < 1.29 is 9.52 Å². The highest BCUT2D eigenvalue weighted by molar-refractivity contribution is 9.10. The normalized spacial score (nSPS) is 17.2. The first-order valence-corrected chi connectivity index (χ1v) is 8.22. The van der Waals surface area contributed by atoms with Gasteiger partial charge in [0.25, 0.3) is 0 Å². The molecule has 3 rings (SSSR count). The van der Waals surface area contributed by atoms with E-state index in [0.717, 1.165) is 54.0 Å². The fourth-order valence-corrected chi connectivity index (χ4v) is 3.04. The predicted octanol–water partition coefficient (Wildman–Crippen LogP) is 3.91. The van der Waals surface area contributed by atoms with Crippen molar-refractivity contribution in [1.82, 2.24) is 4.90 Å². The van der Waals surface area contributed by atoms with Gasteiger partial charge in [-0.1, -0.05) is 28.1 Å². The molecule has 1 aromatic carbocycles. The largest absolute Gasteiger partial charge is 0.460 e. The van der Waals surface area contributed by atoms with Gasteiger partial charge in [0.15, 0.2) is 0 Å². The fraction of sp³-hybridized carbons (Fsp3) is 0.412. The number of aliphatic hydroxyl groups is 1. The topological polar surface area (TPSA) is 36.6 Å². The molecule has 3 nitrogen and oxygen atoms in total. The van der Waals surface area contributed by atoms with Crippen LogP contribution in [0.25, 0.3) is 11.3 Å². The number of furan rings is 1. The Morgan fingerprint density at radius 2 is 1.81 bits per heavy atom. The standard InChI is InChI=1S/C17H20BrNO2/c18-15-3-1-14(2-4-15)17-6-5-16(21-17)11-19-9-7-13(12-20)8-10-19/h1-6,13,20H,7-12H2. The molecule has 1 fully saturated rings. The van der Waals surface area contributed by atoms with Crippen LogP contribution in [0.4, 0.5) is 0 Å². The first-order valence-electron chi connectivity index (χ1n) is 7.42. The Kier molecular flexibility index (Phi) is 4.78. The molecule has 0 spiro atoms. The molecule has 0 atom stereocenters. The number of nitrogens with zero attached hydrogens (tertiary/aromatic N) is 1. The van der Waals surface area contributed by atoms with Gasteiger partial charge in [0.1, 0.15) is 11.5 Å². The zero-order chi connectivity index (χ0) is 14.7. The Labute approximate surface area is 133 Å². The second kappa shape index (κ2) is 6.77. The second-order valence-corrected chi connectivity index (χ2v) is 6.59. The van der Waals surface area contributed by atoms with Crippen LogP contribution in [0.5, 0.6) is 0 Å². The summed E-state index contributed by atoms with van der Waals surface area (Å²) in [7, 11) is 0. The molecule has 4 heteroatoms. The minimum Gasteiger partial charge on any atom is -0.460 e. The number of benzene rings is 1. The van der Waals surface area contributed by atoms with E-state index in [-0.39, 0.29) is 0 Å². The van der Waals surface area contributed by atoms with Gasteiger partial charge in [0.2, 0.25) is 0 Å². The third kappa shape index (κ3) is 3.76. The van der Waals surface area contributed by atoms with Crippen molar-refractivity contribution in [3.8, 4) is 11.3 Å². The Morgan fingerprint density at radius 3 is 2.48 bits per heavy atom. The summed E-state index contributed by atoms with van der Waals surface area (Å²) in [5.74, 6) is 2.41. The summed E-state index contributed by atoms with van der Waals surface area (Å²) in [6.07, 6.45) is 2.16. The predicted molar refractivity (Wildman–Crippen MR) is 86.9 cm³/mol. The van der Waals surface area contributed by atoms with E-state index in [1.54, 1.807) is 0 Å². The van der Waals surface area contributed by atoms with Crippen LogP contribution < -0.4 is 0 Å². The molecule has 1 aliphatic heterocycles. The zero-order valence-electron chi connectivity index (χ0n) is 12.0. The lowest BCUT2D eigenvalue weighted by Crippen LogP contribution is -2.34. The van der Waals surface area contributed by atoms with E-state index in [0.29, 0.717) is 12.5 Å². The molecule has 2 heterocycles. The fourth-order valence-electron chi connectivity index (χ4n) is 2.78. The average Bonchev–Trinajstić information content (AvgIpc) is 2.97. The van der Waals surface area contributed by atoms with Gasteiger partial charge >= 0.3 is 0 Å². The monoisotopic (exact) mass is 349 g/mol. The third-order valence-electron chi connectivity index (χ3n) is 4.14. The average molecular weight is 350 g/mol. The number of piperidine rings is 1. The first-order chi connectivity index (χ1) is 10.2. The van der Waals surface area contributed by atoms with Crippen LogP contribution in [0.1, 0.15) is 18.6 Å². The summed E-state index contributed by atoms with van der Waals surface area (Å²) in [5.41, 5.74) is 1.10. The van der Waals surface area contributed by atoms with Gasteiger partial charge in [-0.05, 0) is 56.1 Å². The minimum atomic E-state index is 0.322. The van der Waals surface area contributed by atoms with E-state index >= 15 is 0 Å². The summed E-state index contributed by atoms with van der Waals surface area (Å²) in [6, 6.07) is 12.3. The molecular weight excluding hydrogens is 330 g/mol. The molecule has 1 aliphatic rings. The summed E-state index contributed by atoms with van der Waals surface area (Å²) in [4.78, 5) is 2.40. The highest BCUT2D eigenvalue weighted by Gasteiger charge is 2.19. The van der Waals surface area contributed by atoms with Crippen LogP contribution in [0.3, 0.4) is 0 Å². The second-order valence-electron chi connectivity index (χ2n) is 5.67. The maximum Gasteiger partial charge on any atom is 0.134 e. The quantitative estimate of drug-likeness (QED) is 0.908. The van der Waals surface area contributed by atoms with Gasteiger partial charge < -0.3 is 9.52 Å². The van der Waals surface area contributed by atoms with E-state index < -0.39 is 0 Å². The molecule has 0 amide bonds. The SMILES string of the molecule is OCC1CCN(Cc2ccc(-c3ccc(Br)cc3)o2)CC1. The minimum absolute atomic E-state index is 0.322. The van der Waals surface area contributed by atoms with Crippen molar-refractivity contribution >= 4 is 15.9 Å². The summed E-state index contributed by atoms with van der Waals surface area (Å²) >= 11 is 3.44. The van der Waals surface area contributed by atoms with Crippen molar-refractivity contribution in [3.63, 3.8) is 0 Å². The molecule has 0 aliphatic carbocycles. The number of hydrogen-bond acceptors (Lipinski definition) is 3. The van der Waals surface area contributed by atoms with Gasteiger partial charge in [0.05, 0.1) is 6.54 Å². The number of aliphatic hydroxyl groups excluding tert-OH is 1. The van der Waals surface area contributed by atoms with E-state index in [4.69, 9.17) is 4.42 Å². The zero-order valence-corrected chi connectivity index (χ0v) is 13.6. The van der Waals surface area contributed by atoms with Crippen molar-refractivity contribution in [2.45, 2.75) is 19.4 Å². The lowest BCUT2D eigenvalue weighted by Gasteiger charge is -2.30. The highest BCUT2D eigenvalue weighted by Crippen LogP contribution is 2.25. The molecule has 21 heavy (non-hydrogen) atoms. The van der Waals surface area contributed by atoms with Crippen molar-refractivity contribution in [3.05, 3.63) is 46.6 Å². The highest BCUT2D eigenvalue weighted by atomic mass is 79.9. The van der Waals surface area contributed by atoms with Crippen LogP contribution in [0.15, 0.2) is 45.3 Å². The molecule has 112 valence electrons. The van der Waals surface area contributed by atoms with E-state index in [1.165, 1.54) is 0 Å².